The minimum Gasteiger partial charge on any atom is -0.465 e. The van der Waals surface area contributed by atoms with Crippen LogP contribution in [0, 0.1) is 0 Å². The second kappa shape index (κ2) is 5.69. The Kier molecular flexibility index (Phi) is 4.14. The van der Waals surface area contributed by atoms with Crippen molar-refractivity contribution in [3.8, 4) is 11.4 Å². The number of carboxylic acid groups (broad SMARTS) is 1. The minimum atomic E-state index is -1.09. The van der Waals surface area contributed by atoms with Crippen LogP contribution in [-0.2, 0) is 0 Å². The fourth-order valence-corrected chi connectivity index (χ4v) is 2.14. The van der Waals surface area contributed by atoms with E-state index < -0.39 is 11.6 Å². The lowest BCUT2D eigenvalue weighted by Crippen LogP contribution is -2.45. The first-order valence-corrected chi connectivity index (χ1v) is 6.80. The molecule has 1 aromatic carbocycles. The van der Waals surface area contributed by atoms with Gasteiger partial charge in [-0.15, -0.1) is 0 Å². The first-order chi connectivity index (χ1) is 9.79. The molecule has 0 saturated heterocycles. The maximum atomic E-state index is 11.5. The highest BCUT2D eigenvalue weighted by Crippen LogP contribution is 2.27. The zero-order valence-electron chi connectivity index (χ0n) is 12.0. The van der Waals surface area contributed by atoms with E-state index in [9.17, 15) is 9.90 Å². The van der Waals surface area contributed by atoms with Crippen molar-refractivity contribution in [2.24, 2.45) is 0 Å². The molecule has 2 aromatic rings. The third-order valence-corrected chi connectivity index (χ3v) is 3.00. The first kappa shape index (κ1) is 15.3. The Hall–Kier alpha value is -2.14. The molecule has 110 valence electrons. The van der Waals surface area contributed by atoms with Crippen molar-refractivity contribution in [3.05, 3.63) is 41.6 Å². The molecule has 21 heavy (non-hydrogen) atoms. The lowest BCUT2D eigenvalue weighted by molar-refractivity contribution is 0.195. The molecule has 0 atom stereocenters. The molecule has 5 nitrogen and oxygen atoms in total. The number of aromatic nitrogens is 2. The number of halogens is 1. The van der Waals surface area contributed by atoms with Gasteiger partial charge in [-0.25, -0.2) is 14.8 Å². The Morgan fingerprint density at radius 1 is 1.19 bits per heavy atom. The van der Waals surface area contributed by atoms with E-state index >= 15 is 0 Å². The van der Waals surface area contributed by atoms with Gasteiger partial charge in [-0.05, 0) is 20.8 Å². The van der Waals surface area contributed by atoms with Gasteiger partial charge in [-0.3, -0.25) is 4.90 Å². The van der Waals surface area contributed by atoms with Gasteiger partial charge in [0, 0.05) is 17.2 Å². The molecule has 0 aliphatic carbocycles. The topological polar surface area (TPSA) is 66.3 Å². The summed E-state index contributed by atoms with van der Waals surface area (Å²) in [7, 11) is 0. The summed E-state index contributed by atoms with van der Waals surface area (Å²) in [6, 6.07) is 10.7. The molecular weight excluding hydrogens is 290 g/mol. The van der Waals surface area contributed by atoms with Crippen LogP contribution in [0.2, 0.25) is 5.15 Å². The van der Waals surface area contributed by atoms with E-state index in [1.54, 1.807) is 20.8 Å². The van der Waals surface area contributed by atoms with Crippen LogP contribution in [0.5, 0.6) is 0 Å². The molecule has 0 fully saturated rings. The molecule has 1 aromatic heterocycles. The van der Waals surface area contributed by atoms with Gasteiger partial charge in [0.25, 0.3) is 0 Å². The smallest absolute Gasteiger partial charge is 0.413 e. The van der Waals surface area contributed by atoms with Gasteiger partial charge in [0.1, 0.15) is 11.0 Å². The normalized spacial score (nSPS) is 11.2. The molecule has 0 aliphatic heterocycles. The van der Waals surface area contributed by atoms with Crippen molar-refractivity contribution in [3.63, 3.8) is 0 Å². The zero-order chi connectivity index (χ0) is 15.6. The Bertz CT molecular complexity index is 654. The van der Waals surface area contributed by atoms with Crippen molar-refractivity contribution in [2.45, 2.75) is 26.3 Å². The van der Waals surface area contributed by atoms with Crippen LogP contribution in [0.15, 0.2) is 36.4 Å². The van der Waals surface area contributed by atoms with E-state index in [2.05, 4.69) is 9.97 Å². The summed E-state index contributed by atoms with van der Waals surface area (Å²) in [6.45, 7) is 5.37. The molecule has 0 unspecified atom stereocenters. The molecule has 1 amide bonds. The number of amides is 1. The largest absolute Gasteiger partial charge is 0.465 e. The quantitative estimate of drug-likeness (QED) is 0.849. The number of anilines is 1. The van der Waals surface area contributed by atoms with Crippen molar-refractivity contribution in [1.29, 1.82) is 0 Å². The van der Waals surface area contributed by atoms with Crippen LogP contribution in [0.3, 0.4) is 0 Å². The summed E-state index contributed by atoms with van der Waals surface area (Å²) in [5.74, 6) is 0.655. The van der Waals surface area contributed by atoms with E-state index in [0.29, 0.717) is 5.82 Å². The van der Waals surface area contributed by atoms with Crippen molar-refractivity contribution in [2.75, 3.05) is 4.90 Å². The highest BCUT2D eigenvalue weighted by Gasteiger charge is 2.29. The molecule has 0 saturated carbocycles. The van der Waals surface area contributed by atoms with Gasteiger partial charge >= 0.3 is 6.09 Å². The predicted octanol–water partition coefficient (Wildman–Crippen LogP) is 4.08. The molecule has 1 heterocycles. The highest BCUT2D eigenvalue weighted by atomic mass is 35.5. The van der Waals surface area contributed by atoms with Gasteiger partial charge in [0.05, 0.1) is 0 Å². The number of hydrogen-bond acceptors (Lipinski definition) is 3. The third-order valence-electron chi connectivity index (χ3n) is 2.80. The van der Waals surface area contributed by atoms with Crippen LogP contribution < -0.4 is 4.90 Å². The van der Waals surface area contributed by atoms with E-state index in [-0.39, 0.29) is 11.0 Å². The highest BCUT2D eigenvalue weighted by molar-refractivity contribution is 6.29. The fourth-order valence-electron chi connectivity index (χ4n) is 1.97. The van der Waals surface area contributed by atoms with E-state index in [0.717, 1.165) is 5.56 Å². The average Bonchev–Trinajstić information content (AvgIpc) is 2.37. The molecular formula is C15H16ClN3O2. The van der Waals surface area contributed by atoms with E-state index in [1.807, 2.05) is 30.3 Å². The lowest BCUT2D eigenvalue weighted by atomic mass is 10.1. The molecule has 6 heteroatoms. The van der Waals surface area contributed by atoms with E-state index in [1.165, 1.54) is 11.0 Å². The first-order valence-electron chi connectivity index (χ1n) is 6.42. The molecule has 0 spiro atoms. The maximum absolute atomic E-state index is 11.5. The second-order valence-electron chi connectivity index (χ2n) is 5.53. The lowest BCUT2D eigenvalue weighted by Gasteiger charge is -2.32. The summed E-state index contributed by atoms with van der Waals surface area (Å²) in [5.41, 5.74) is 0.137. The molecule has 0 radical (unpaired) electrons. The predicted molar refractivity (Wildman–Crippen MR) is 82.7 cm³/mol. The van der Waals surface area contributed by atoms with Crippen molar-refractivity contribution in [1.82, 2.24) is 9.97 Å². The van der Waals surface area contributed by atoms with Crippen LogP contribution in [0.1, 0.15) is 20.8 Å². The van der Waals surface area contributed by atoms with E-state index in [4.69, 9.17) is 11.6 Å². The monoisotopic (exact) mass is 305 g/mol. The second-order valence-corrected chi connectivity index (χ2v) is 5.91. The summed E-state index contributed by atoms with van der Waals surface area (Å²) < 4.78 is 0. The molecule has 1 N–H and O–H groups in total. The molecule has 0 aliphatic rings. The Labute approximate surface area is 128 Å². The number of hydrogen-bond donors (Lipinski definition) is 1. The standard InChI is InChI=1S/C15H16ClN3O2/c1-15(2,3)19(14(20)21)12-9-11(16)17-13(18-12)10-7-5-4-6-8-10/h4-9H,1-3H3,(H,20,21). The molecule has 2 rings (SSSR count). The van der Waals surface area contributed by atoms with Crippen LogP contribution >= 0.6 is 11.6 Å². The number of carbonyl (C=O) groups is 1. The van der Waals surface area contributed by atoms with Crippen LogP contribution in [0.4, 0.5) is 10.6 Å². The maximum Gasteiger partial charge on any atom is 0.413 e. The van der Waals surface area contributed by atoms with Gasteiger partial charge in [0.2, 0.25) is 0 Å². The third kappa shape index (κ3) is 3.49. The van der Waals surface area contributed by atoms with Gasteiger partial charge in [-0.2, -0.15) is 0 Å². The Morgan fingerprint density at radius 3 is 2.33 bits per heavy atom. The van der Waals surface area contributed by atoms with Gasteiger partial charge < -0.3 is 5.11 Å². The Morgan fingerprint density at radius 2 is 1.81 bits per heavy atom. The Balaban J connectivity index is 2.55. The summed E-state index contributed by atoms with van der Waals surface area (Å²) in [5, 5.41) is 9.64. The zero-order valence-corrected chi connectivity index (χ0v) is 12.8. The van der Waals surface area contributed by atoms with Crippen molar-refractivity contribution < 1.29 is 9.90 Å². The number of benzene rings is 1. The SMILES string of the molecule is CC(C)(C)N(C(=O)O)c1cc(Cl)nc(-c2ccccc2)n1. The number of nitrogens with zero attached hydrogens (tertiary/aromatic N) is 3. The number of rotatable bonds is 2. The summed E-state index contributed by atoms with van der Waals surface area (Å²) in [4.78, 5) is 21.2. The van der Waals surface area contributed by atoms with Crippen molar-refractivity contribution >= 4 is 23.5 Å². The minimum absolute atomic E-state index is 0.203. The van der Waals surface area contributed by atoms with Crippen LogP contribution in [0.25, 0.3) is 11.4 Å². The fraction of sp³-hybridized carbons (Fsp3) is 0.267. The van der Waals surface area contributed by atoms with Crippen LogP contribution in [-0.4, -0.2) is 26.7 Å². The average molecular weight is 306 g/mol. The summed E-state index contributed by atoms with van der Waals surface area (Å²) in [6.07, 6.45) is -1.09. The molecule has 0 bridgehead atoms. The van der Waals surface area contributed by atoms with Gasteiger partial charge in [-0.1, -0.05) is 41.9 Å². The summed E-state index contributed by atoms with van der Waals surface area (Å²) >= 11 is 6.03. The van der Waals surface area contributed by atoms with Gasteiger partial charge in [0.15, 0.2) is 5.82 Å².